The standard InChI is InChI=1S/C14H20N2O3/c1-9(12(15)11-7-5-4-6-8-11)13(17)16-10(2)14(18)19-3/h4-10,12H,15H2,1-3H3,(H,16,17)/t9?,10-,12?/m1/s1. The summed E-state index contributed by atoms with van der Waals surface area (Å²) in [5, 5.41) is 2.59. The number of ether oxygens (including phenoxy) is 1. The fourth-order valence-corrected chi connectivity index (χ4v) is 1.71. The molecular weight excluding hydrogens is 244 g/mol. The van der Waals surface area contributed by atoms with Crippen molar-refractivity contribution in [2.75, 3.05) is 7.11 Å². The predicted molar refractivity (Wildman–Crippen MR) is 72.2 cm³/mol. The number of rotatable bonds is 5. The average molecular weight is 264 g/mol. The van der Waals surface area contributed by atoms with Gasteiger partial charge in [0.1, 0.15) is 6.04 Å². The van der Waals surface area contributed by atoms with Crippen LogP contribution in [0.15, 0.2) is 30.3 Å². The van der Waals surface area contributed by atoms with Crippen molar-refractivity contribution in [3.05, 3.63) is 35.9 Å². The van der Waals surface area contributed by atoms with Gasteiger partial charge in [0, 0.05) is 6.04 Å². The normalized spacial score (nSPS) is 15.2. The summed E-state index contributed by atoms with van der Waals surface area (Å²) in [7, 11) is 1.28. The van der Waals surface area contributed by atoms with E-state index in [9.17, 15) is 9.59 Å². The molecule has 0 aliphatic rings. The number of amides is 1. The van der Waals surface area contributed by atoms with Gasteiger partial charge in [0.15, 0.2) is 0 Å². The highest BCUT2D eigenvalue weighted by molar-refractivity contribution is 5.85. The third-order valence-electron chi connectivity index (χ3n) is 3.05. The van der Waals surface area contributed by atoms with Crippen LogP contribution in [-0.4, -0.2) is 25.0 Å². The second-order valence-corrected chi connectivity index (χ2v) is 4.48. The van der Waals surface area contributed by atoms with Crippen molar-refractivity contribution in [2.45, 2.75) is 25.9 Å². The van der Waals surface area contributed by atoms with Crippen molar-refractivity contribution < 1.29 is 14.3 Å². The lowest BCUT2D eigenvalue weighted by Gasteiger charge is -2.21. The molecule has 104 valence electrons. The van der Waals surface area contributed by atoms with Gasteiger partial charge in [-0.3, -0.25) is 4.79 Å². The molecule has 19 heavy (non-hydrogen) atoms. The van der Waals surface area contributed by atoms with E-state index in [1.54, 1.807) is 13.8 Å². The second kappa shape index (κ2) is 6.89. The summed E-state index contributed by atoms with van der Waals surface area (Å²) in [4.78, 5) is 23.2. The van der Waals surface area contributed by atoms with E-state index >= 15 is 0 Å². The third-order valence-corrected chi connectivity index (χ3v) is 3.05. The van der Waals surface area contributed by atoms with Crippen molar-refractivity contribution in [3.8, 4) is 0 Å². The van der Waals surface area contributed by atoms with Crippen molar-refractivity contribution in [3.63, 3.8) is 0 Å². The minimum absolute atomic E-state index is 0.269. The highest BCUT2D eigenvalue weighted by Crippen LogP contribution is 2.19. The number of nitrogens with one attached hydrogen (secondary N) is 1. The molecule has 1 amide bonds. The Morgan fingerprint density at radius 3 is 2.32 bits per heavy atom. The molecule has 1 aromatic carbocycles. The van der Waals surface area contributed by atoms with E-state index in [1.165, 1.54) is 7.11 Å². The zero-order chi connectivity index (χ0) is 14.4. The average Bonchev–Trinajstić information content (AvgIpc) is 2.45. The molecule has 0 fully saturated rings. The van der Waals surface area contributed by atoms with Crippen LogP contribution in [-0.2, 0) is 14.3 Å². The van der Waals surface area contributed by atoms with Crippen LogP contribution < -0.4 is 11.1 Å². The number of carbonyl (C=O) groups excluding carboxylic acids is 2. The Kier molecular flexibility index (Phi) is 5.51. The van der Waals surface area contributed by atoms with E-state index in [-0.39, 0.29) is 5.91 Å². The Morgan fingerprint density at radius 1 is 1.21 bits per heavy atom. The Balaban J connectivity index is 2.64. The minimum atomic E-state index is -0.678. The highest BCUT2D eigenvalue weighted by Gasteiger charge is 2.25. The molecule has 0 aromatic heterocycles. The van der Waals surface area contributed by atoms with Gasteiger partial charge in [0.05, 0.1) is 13.0 Å². The molecule has 3 N–H and O–H groups in total. The highest BCUT2D eigenvalue weighted by atomic mass is 16.5. The molecule has 1 rings (SSSR count). The quantitative estimate of drug-likeness (QED) is 0.777. The Morgan fingerprint density at radius 2 is 1.79 bits per heavy atom. The summed E-state index contributed by atoms with van der Waals surface area (Å²) in [6.07, 6.45) is 0. The van der Waals surface area contributed by atoms with Crippen LogP contribution in [0.3, 0.4) is 0 Å². The van der Waals surface area contributed by atoms with Gasteiger partial charge in [-0.25, -0.2) is 4.79 Å². The van der Waals surface area contributed by atoms with Gasteiger partial charge in [-0.2, -0.15) is 0 Å². The predicted octanol–water partition coefficient (Wildman–Crippen LogP) is 1.00. The maximum absolute atomic E-state index is 12.0. The minimum Gasteiger partial charge on any atom is -0.467 e. The lowest BCUT2D eigenvalue weighted by Crippen LogP contribution is -2.44. The maximum atomic E-state index is 12.0. The molecule has 0 saturated heterocycles. The molecule has 0 aliphatic heterocycles. The summed E-state index contributed by atoms with van der Waals surface area (Å²) in [5.41, 5.74) is 6.93. The van der Waals surface area contributed by atoms with Crippen molar-refractivity contribution in [1.29, 1.82) is 0 Å². The molecule has 1 aromatic rings. The van der Waals surface area contributed by atoms with Gasteiger partial charge >= 0.3 is 5.97 Å². The van der Waals surface area contributed by atoms with Crippen molar-refractivity contribution >= 4 is 11.9 Å². The number of nitrogens with two attached hydrogens (primary N) is 1. The first kappa shape index (κ1) is 15.2. The van der Waals surface area contributed by atoms with Gasteiger partial charge in [-0.1, -0.05) is 37.3 Å². The van der Waals surface area contributed by atoms with Crippen LogP contribution in [0.2, 0.25) is 0 Å². The van der Waals surface area contributed by atoms with E-state index in [1.807, 2.05) is 30.3 Å². The third kappa shape index (κ3) is 4.06. The smallest absolute Gasteiger partial charge is 0.328 e. The van der Waals surface area contributed by atoms with Crippen LogP contribution in [0.25, 0.3) is 0 Å². The first-order valence-corrected chi connectivity index (χ1v) is 6.16. The molecule has 0 spiro atoms. The van der Waals surface area contributed by atoms with Crippen LogP contribution in [0.5, 0.6) is 0 Å². The van der Waals surface area contributed by atoms with Crippen LogP contribution in [0, 0.1) is 5.92 Å². The Labute approximate surface area is 113 Å². The number of esters is 1. The van der Waals surface area contributed by atoms with E-state index in [0.29, 0.717) is 0 Å². The monoisotopic (exact) mass is 264 g/mol. The molecule has 0 saturated carbocycles. The Hall–Kier alpha value is -1.88. The topological polar surface area (TPSA) is 81.4 Å². The van der Waals surface area contributed by atoms with E-state index in [0.717, 1.165) is 5.56 Å². The van der Waals surface area contributed by atoms with Crippen LogP contribution in [0.1, 0.15) is 25.5 Å². The van der Waals surface area contributed by atoms with E-state index in [4.69, 9.17) is 5.73 Å². The number of hydrogen-bond acceptors (Lipinski definition) is 4. The van der Waals surface area contributed by atoms with Crippen LogP contribution >= 0.6 is 0 Å². The van der Waals surface area contributed by atoms with Crippen molar-refractivity contribution in [1.82, 2.24) is 5.32 Å². The molecule has 0 bridgehead atoms. The summed E-state index contributed by atoms with van der Waals surface area (Å²) in [6, 6.07) is 8.29. The molecular formula is C14H20N2O3. The Bertz CT molecular complexity index is 434. The number of benzene rings is 1. The zero-order valence-electron chi connectivity index (χ0n) is 11.4. The van der Waals surface area contributed by atoms with Gasteiger partial charge < -0.3 is 15.8 Å². The summed E-state index contributed by atoms with van der Waals surface area (Å²) < 4.78 is 4.55. The van der Waals surface area contributed by atoms with Gasteiger partial charge in [0.25, 0.3) is 0 Å². The fourth-order valence-electron chi connectivity index (χ4n) is 1.71. The fraction of sp³-hybridized carbons (Fsp3) is 0.429. The molecule has 0 aliphatic carbocycles. The first-order chi connectivity index (χ1) is 8.97. The molecule has 5 nitrogen and oxygen atoms in total. The lowest BCUT2D eigenvalue weighted by atomic mass is 9.94. The molecule has 3 atom stereocenters. The largest absolute Gasteiger partial charge is 0.467 e. The lowest BCUT2D eigenvalue weighted by molar-refractivity contribution is -0.145. The number of hydrogen-bond donors (Lipinski definition) is 2. The number of carbonyl (C=O) groups is 2. The van der Waals surface area contributed by atoms with Crippen molar-refractivity contribution in [2.24, 2.45) is 11.7 Å². The summed E-state index contributed by atoms with van der Waals surface area (Å²) in [6.45, 7) is 3.31. The number of methoxy groups -OCH3 is 1. The van der Waals surface area contributed by atoms with Crippen LogP contribution in [0.4, 0.5) is 0 Å². The molecule has 0 heterocycles. The van der Waals surface area contributed by atoms with Gasteiger partial charge in [-0.05, 0) is 12.5 Å². The van der Waals surface area contributed by atoms with E-state index in [2.05, 4.69) is 10.1 Å². The summed E-state index contributed by atoms with van der Waals surface area (Å²) in [5.74, 6) is -1.18. The maximum Gasteiger partial charge on any atom is 0.328 e. The first-order valence-electron chi connectivity index (χ1n) is 6.16. The molecule has 2 unspecified atom stereocenters. The second-order valence-electron chi connectivity index (χ2n) is 4.48. The molecule has 0 radical (unpaired) electrons. The molecule has 5 heteroatoms. The van der Waals surface area contributed by atoms with Gasteiger partial charge in [-0.15, -0.1) is 0 Å². The van der Waals surface area contributed by atoms with Gasteiger partial charge in [0.2, 0.25) is 5.91 Å². The summed E-state index contributed by atoms with van der Waals surface area (Å²) >= 11 is 0. The zero-order valence-corrected chi connectivity index (χ0v) is 11.4. The van der Waals surface area contributed by atoms with E-state index < -0.39 is 24.0 Å². The SMILES string of the molecule is COC(=O)[C@@H](C)NC(=O)C(C)C(N)c1ccccc1.